The molecule has 0 aromatic heterocycles. The Balaban J connectivity index is 1.92. The van der Waals surface area contributed by atoms with Gasteiger partial charge in [-0.2, -0.15) is 0 Å². The molecule has 2 nitrogen and oxygen atoms in total. The van der Waals surface area contributed by atoms with Crippen LogP contribution in [0, 0.1) is 13.8 Å². The van der Waals surface area contributed by atoms with E-state index in [9.17, 15) is 0 Å². The Morgan fingerprint density at radius 1 is 1.14 bits per heavy atom. The summed E-state index contributed by atoms with van der Waals surface area (Å²) in [6.07, 6.45) is 2.16. The minimum atomic E-state index is 0.308. The lowest BCUT2D eigenvalue weighted by molar-refractivity contribution is 0.314. The van der Waals surface area contributed by atoms with E-state index in [0.29, 0.717) is 6.04 Å². The molecule has 0 spiro atoms. The van der Waals surface area contributed by atoms with Gasteiger partial charge < -0.3 is 10.1 Å². The molecule has 1 aliphatic heterocycles. The van der Waals surface area contributed by atoms with Gasteiger partial charge in [-0.1, -0.05) is 34.1 Å². The molecule has 0 aliphatic carbocycles. The molecule has 0 saturated heterocycles. The van der Waals surface area contributed by atoms with Gasteiger partial charge in [0.2, 0.25) is 0 Å². The Morgan fingerprint density at radius 3 is 2.81 bits per heavy atom. The van der Waals surface area contributed by atoms with Gasteiger partial charge in [0.25, 0.3) is 0 Å². The van der Waals surface area contributed by atoms with Gasteiger partial charge in [-0.3, -0.25) is 0 Å². The number of benzene rings is 2. The molecule has 2 aromatic rings. The Kier molecular flexibility index (Phi) is 4.20. The lowest BCUT2D eigenvalue weighted by Gasteiger charge is -2.21. The molecular formula is C18H20BrNO. The molecule has 1 atom stereocenters. The van der Waals surface area contributed by atoms with Gasteiger partial charge in [-0.25, -0.2) is 0 Å². The topological polar surface area (TPSA) is 21.3 Å². The molecule has 1 heterocycles. The summed E-state index contributed by atoms with van der Waals surface area (Å²) in [5.41, 5.74) is 4.89. The lowest BCUT2D eigenvalue weighted by Crippen LogP contribution is -2.10. The minimum absolute atomic E-state index is 0.308. The highest BCUT2D eigenvalue weighted by Gasteiger charge is 2.20. The summed E-state index contributed by atoms with van der Waals surface area (Å²) in [7, 11) is 0. The maximum Gasteiger partial charge on any atom is 0.127 e. The molecule has 3 rings (SSSR count). The fourth-order valence-electron chi connectivity index (χ4n) is 2.85. The number of rotatable bonds is 2. The largest absolute Gasteiger partial charge is 0.493 e. The van der Waals surface area contributed by atoms with Crippen molar-refractivity contribution in [3.05, 3.63) is 57.6 Å². The van der Waals surface area contributed by atoms with Crippen molar-refractivity contribution < 1.29 is 4.74 Å². The molecule has 0 bridgehead atoms. The van der Waals surface area contributed by atoms with Crippen molar-refractivity contribution in [2.75, 3.05) is 11.9 Å². The van der Waals surface area contributed by atoms with Crippen molar-refractivity contribution in [3.8, 4) is 5.75 Å². The van der Waals surface area contributed by atoms with Crippen LogP contribution in [0.2, 0.25) is 0 Å². The third-order valence-corrected chi connectivity index (χ3v) is 4.89. The number of halogens is 1. The molecular weight excluding hydrogens is 326 g/mol. The van der Waals surface area contributed by atoms with Crippen LogP contribution in [0.25, 0.3) is 0 Å². The van der Waals surface area contributed by atoms with E-state index in [2.05, 4.69) is 71.5 Å². The SMILES string of the molecule is Cc1cc(NC2CCCOc3c(C)cccc32)ccc1Br. The summed E-state index contributed by atoms with van der Waals surface area (Å²) < 4.78 is 7.09. The monoisotopic (exact) mass is 345 g/mol. The third-order valence-electron chi connectivity index (χ3n) is 4.00. The Morgan fingerprint density at radius 2 is 2.00 bits per heavy atom. The van der Waals surface area contributed by atoms with E-state index in [-0.39, 0.29) is 0 Å². The van der Waals surface area contributed by atoms with E-state index in [1.807, 2.05) is 0 Å². The number of hydrogen-bond acceptors (Lipinski definition) is 2. The van der Waals surface area contributed by atoms with Crippen LogP contribution in [0.1, 0.15) is 35.6 Å². The highest BCUT2D eigenvalue weighted by atomic mass is 79.9. The fourth-order valence-corrected chi connectivity index (χ4v) is 3.10. The first-order valence-corrected chi connectivity index (χ1v) is 8.19. The van der Waals surface area contributed by atoms with Gasteiger partial charge >= 0.3 is 0 Å². The van der Waals surface area contributed by atoms with Crippen LogP contribution in [0.5, 0.6) is 5.75 Å². The fraction of sp³-hybridized carbons (Fsp3) is 0.333. The number of fused-ring (bicyclic) bond motifs is 1. The highest BCUT2D eigenvalue weighted by molar-refractivity contribution is 9.10. The average Bonchev–Trinajstić information content (AvgIpc) is 2.67. The molecule has 1 unspecified atom stereocenters. The van der Waals surface area contributed by atoms with Crippen molar-refractivity contribution >= 4 is 21.6 Å². The zero-order valence-corrected chi connectivity index (χ0v) is 14.0. The number of ether oxygens (including phenoxy) is 1. The van der Waals surface area contributed by atoms with Crippen LogP contribution in [-0.4, -0.2) is 6.61 Å². The first-order valence-electron chi connectivity index (χ1n) is 7.40. The standard InChI is InChI=1S/C18H20BrNO/c1-12-5-3-6-15-17(7-4-10-21-18(12)15)20-14-8-9-16(19)13(2)11-14/h3,5-6,8-9,11,17,20H,4,7,10H2,1-2H3. The summed E-state index contributed by atoms with van der Waals surface area (Å²) in [6, 6.07) is 13.1. The molecule has 0 fully saturated rings. The van der Waals surface area contributed by atoms with E-state index in [1.54, 1.807) is 0 Å². The highest BCUT2D eigenvalue weighted by Crippen LogP contribution is 2.36. The van der Waals surface area contributed by atoms with Crippen LogP contribution in [0.3, 0.4) is 0 Å². The molecule has 0 saturated carbocycles. The first kappa shape index (κ1) is 14.5. The smallest absolute Gasteiger partial charge is 0.127 e. The molecule has 21 heavy (non-hydrogen) atoms. The van der Waals surface area contributed by atoms with E-state index in [0.717, 1.165) is 35.4 Å². The Labute approximate surface area is 134 Å². The number of para-hydroxylation sites is 1. The second-order valence-electron chi connectivity index (χ2n) is 5.64. The number of anilines is 1. The molecule has 0 amide bonds. The van der Waals surface area contributed by atoms with Crippen molar-refractivity contribution in [2.24, 2.45) is 0 Å². The van der Waals surface area contributed by atoms with Crippen LogP contribution in [-0.2, 0) is 0 Å². The number of aryl methyl sites for hydroxylation is 2. The first-order chi connectivity index (χ1) is 10.1. The predicted molar refractivity (Wildman–Crippen MR) is 91.2 cm³/mol. The quantitative estimate of drug-likeness (QED) is 0.787. The summed E-state index contributed by atoms with van der Waals surface area (Å²) in [5.74, 6) is 1.06. The second kappa shape index (κ2) is 6.10. The zero-order chi connectivity index (χ0) is 14.8. The molecule has 2 aromatic carbocycles. The van der Waals surface area contributed by atoms with E-state index in [1.165, 1.54) is 16.7 Å². The molecule has 3 heteroatoms. The summed E-state index contributed by atoms with van der Waals surface area (Å²) in [6.45, 7) is 5.03. The van der Waals surface area contributed by atoms with E-state index >= 15 is 0 Å². The van der Waals surface area contributed by atoms with Gasteiger partial charge in [-0.15, -0.1) is 0 Å². The third kappa shape index (κ3) is 3.08. The zero-order valence-electron chi connectivity index (χ0n) is 12.4. The van der Waals surface area contributed by atoms with Crippen LogP contribution in [0.4, 0.5) is 5.69 Å². The maximum absolute atomic E-state index is 5.94. The molecule has 110 valence electrons. The van der Waals surface area contributed by atoms with Crippen molar-refractivity contribution in [1.82, 2.24) is 0 Å². The van der Waals surface area contributed by atoms with Crippen molar-refractivity contribution in [1.29, 1.82) is 0 Å². The predicted octanol–water partition coefficient (Wildman–Crippen LogP) is 5.39. The average molecular weight is 346 g/mol. The van der Waals surface area contributed by atoms with Gasteiger partial charge in [-0.05, 0) is 56.0 Å². The maximum atomic E-state index is 5.94. The van der Waals surface area contributed by atoms with Crippen molar-refractivity contribution in [3.63, 3.8) is 0 Å². The minimum Gasteiger partial charge on any atom is -0.493 e. The van der Waals surface area contributed by atoms with Crippen LogP contribution >= 0.6 is 15.9 Å². The lowest BCUT2D eigenvalue weighted by atomic mass is 9.99. The number of hydrogen-bond donors (Lipinski definition) is 1. The molecule has 1 aliphatic rings. The van der Waals surface area contributed by atoms with Gasteiger partial charge in [0, 0.05) is 15.7 Å². The van der Waals surface area contributed by atoms with E-state index < -0.39 is 0 Å². The Bertz CT molecular complexity index is 654. The van der Waals surface area contributed by atoms with Gasteiger partial charge in [0.05, 0.1) is 12.6 Å². The normalized spacial score (nSPS) is 17.6. The molecule has 0 radical (unpaired) electrons. The summed E-state index contributed by atoms with van der Waals surface area (Å²) in [4.78, 5) is 0. The van der Waals surface area contributed by atoms with Crippen molar-refractivity contribution in [2.45, 2.75) is 32.7 Å². The summed E-state index contributed by atoms with van der Waals surface area (Å²) >= 11 is 3.55. The second-order valence-corrected chi connectivity index (χ2v) is 6.50. The van der Waals surface area contributed by atoms with Crippen LogP contribution < -0.4 is 10.1 Å². The van der Waals surface area contributed by atoms with Crippen LogP contribution in [0.15, 0.2) is 40.9 Å². The Hall–Kier alpha value is -1.48. The van der Waals surface area contributed by atoms with Gasteiger partial charge in [0.1, 0.15) is 5.75 Å². The number of nitrogens with one attached hydrogen (secondary N) is 1. The van der Waals surface area contributed by atoms with Gasteiger partial charge in [0.15, 0.2) is 0 Å². The summed E-state index contributed by atoms with van der Waals surface area (Å²) in [5, 5.41) is 3.67. The van der Waals surface area contributed by atoms with E-state index in [4.69, 9.17) is 4.74 Å². The molecule has 1 N–H and O–H groups in total.